The fourth-order valence-electron chi connectivity index (χ4n) is 7.26. The van der Waals surface area contributed by atoms with Crippen LogP contribution in [0.5, 0.6) is 5.75 Å². The summed E-state index contributed by atoms with van der Waals surface area (Å²) in [6.45, 7) is 4.45. The lowest BCUT2D eigenvalue weighted by molar-refractivity contribution is -0.137. The van der Waals surface area contributed by atoms with Crippen LogP contribution in [0.15, 0.2) is 46.0 Å². The third kappa shape index (κ3) is 6.97. The number of allylic oxidation sites excluding steroid dienone is 3. The molecule has 1 saturated carbocycles. The SMILES string of the molecule is CCC1=C(N2CCN(C(=O)c3nc4n(c(=O)c3O)CCOC4)CC2)C(=C2CC2)n2nc(C3=CCOCC3)nc2N1CC(=O)Nc1ccc(C(F)(F)F)cc1Cl. The lowest BCUT2D eigenvalue weighted by Crippen LogP contribution is -2.50. The molecule has 5 aliphatic rings. The summed E-state index contributed by atoms with van der Waals surface area (Å²) in [7, 11) is 0. The third-order valence-electron chi connectivity index (χ3n) is 10.2. The second-order valence-corrected chi connectivity index (χ2v) is 14.1. The van der Waals surface area contributed by atoms with Crippen molar-refractivity contribution in [1.29, 1.82) is 0 Å². The number of halogens is 4. The minimum absolute atomic E-state index is 0.0321. The summed E-state index contributed by atoms with van der Waals surface area (Å²) < 4.78 is 53.9. The van der Waals surface area contributed by atoms with E-state index in [9.17, 15) is 32.7 Å². The summed E-state index contributed by atoms with van der Waals surface area (Å²) in [5, 5.41) is 18.1. The van der Waals surface area contributed by atoms with Crippen LogP contribution in [0.3, 0.4) is 0 Å². The molecule has 3 aromatic rings. The quantitative estimate of drug-likeness (QED) is 0.356. The first-order valence-electron chi connectivity index (χ1n) is 18.0. The number of hydrogen-bond acceptors (Lipinski definition) is 11. The van der Waals surface area contributed by atoms with Gasteiger partial charge in [0.15, 0.2) is 11.5 Å². The number of hydrogen-bond donors (Lipinski definition) is 2. The lowest BCUT2D eigenvalue weighted by atomic mass is 10.1. The molecular weight excluding hydrogens is 747 g/mol. The van der Waals surface area contributed by atoms with Crippen LogP contribution >= 0.6 is 11.6 Å². The molecule has 1 aliphatic carbocycles. The molecule has 55 heavy (non-hydrogen) atoms. The van der Waals surface area contributed by atoms with Gasteiger partial charge in [0.05, 0.1) is 54.0 Å². The molecule has 0 radical (unpaired) electrons. The number of anilines is 2. The number of aromatic nitrogens is 5. The number of nitrogens with one attached hydrogen (secondary N) is 1. The molecule has 2 aromatic heterocycles. The topological polar surface area (TPSA) is 160 Å². The Balaban J connectivity index is 1.11. The second-order valence-electron chi connectivity index (χ2n) is 13.6. The molecule has 6 heterocycles. The highest BCUT2D eigenvalue weighted by Gasteiger charge is 2.40. The van der Waals surface area contributed by atoms with Crippen molar-refractivity contribution >= 4 is 46.3 Å². The highest BCUT2D eigenvalue weighted by Crippen LogP contribution is 2.46. The molecule has 2 fully saturated rings. The number of piperazine rings is 1. The summed E-state index contributed by atoms with van der Waals surface area (Å²) in [5.74, 6) is -0.595. The van der Waals surface area contributed by atoms with Gasteiger partial charge in [0.1, 0.15) is 19.0 Å². The number of carbonyl (C=O) groups excluding carboxylic acids is 2. The van der Waals surface area contributed by atoms with Crippen molar-refractivity contribution in [1.82, 2.24) is 34.1 Å². The number of benzene rings is 1. The standard InChI is InChI=1S/C36H37ClF3N9O6/c1-2-25-30(45-9-11-46(12-10-45)33(52)28-31(51)34(53)47-13-16-55-19-26(47)42-28)29(20-3-4-20)49-35(43-32(44-49)21-7-14-54-15-8-21)48(25)18-27(50)41-24-6-5-22(17-23(24)37)36(38,39)40/h5-7,17,51H,2-4,8-16,18-19H2,1H3,(H,41,50). The van der Waals surface area contributed by atoms with Crippen LogP contribution in [0.4, 0.5) is 24.8 Å². The summed E-state index contributed by atoms with van der Waals surface area (Å²) >= 11 is 6.19. The van der Waals surface area contributed by atoms with E-state index in [2.05, 4.69) is 15.2 Å². The Morgan fingerprint density at radius 2 is 1.80 bits per heavy atom. The van der Waals surface area contributed by atoms with Gasteiger partial charge in [0.2, 0.25) is 17.6 Å². The molecule has 19 heteroatoms. The number of aromatic hydroxyl groups is 1. The number of nitrogens with zero attached hydrogens (tertiary/aromatic N) is 8. The van der Waals surface area contributed by atoms with Crippen molar-refractivity contribution in [3.05, 3.63) is 79.5 Å². The van der Waals surface area contributed by atoms with E-state index in [0.29, 0.717) is 57.5 Å². The Hall–Kier alpha value is -5.20. The summed E-state index contributed by atoms with van der Waals surface area (Å²) in [6, 6.07) is 2.75. The van der Waals surface area contributed by atoms with Gasteiger partial charge in [-0.2, -0.15) is 22.8 Å². The van der Waals surface area contributed by atoms with Gasteiger partial charge in [-0.1, -0.05) is 24.6 Å². The first-order chi connectivity index (χ1) is 26.4. The average molecular weight is 784 g/mol. The van der Waals surface area contributed by atoms with E-state index < -0.39 is 34.9 Å². The van der Waals surface area contributed by atoms with Crippen LogP contribution in [0.2, 0.25) is 5.02 Å². The molecule has 4 aliphatic heterocycles. The maximum atomic E-state index is 13.7. The fourth-order valence-corrected chi connectivity index (χ4v) is 7.49. The maximum Gasteiger partial charge on any atom is 0.416 e. The Morgan fingerprint density at radius 3 is 2.47 bits per heavy atom. The highest BCUT2D eigenvalue weighted by atomic mass is 35.5. The van der Waals surface area contributed by atoms with Crippen LogP contribution in [0.25, 0.3) is 11.3 Å². The van der Waals surface area contributed by atoms with Crippen molar-refractivity contribution in [2.75, 3.05) is 62.8 Å². The fraction of sp³-hybridized carbons (Fsp3) is 0.444. The molecule has 290 valence electrons. The van der Waals surface area contributed by atoms with Crippen LogP contribution in [-0.2, 0) is 33.6 Å². The molecule has 1 saturated heterocycles. The zero-order chi connectivity index (χ0) is 38.6. The average Bonchev–Trinajstić information content (AvgIpc) is 3.93. The first-order valence-corrected chi connectivity index (χ1v) is 18.4. The number of rotatable bonds is 7. The zero-order valence-corrected chi connectivity index (χ0v) is 30.5. The molecule has 2 N–H and O–H groups in total. The molecule has 2 amide bonds. The third-order valence-corrected chi connectivity index (χ3v) is 10.5. The molecule has 0 atom stereocenters. The summed E-state index contributed by atoms with van der Waals surface area (Å²) in [5.41, 5.74) is 2.64. The van der Waals surface area contributed by atoms with Gasteiger partial charge in [-0.05, 0) is 55.0 Å². The van der Waals surface area contributed by atoms with Gasteiger partial charge in [0, 0.05) is 31.9 Å². The van der Waals surface area contributed by atoms with Crippen molar-refractivity contribution < 1.29 is 37.3 Å². The maximum absolute atomic E-state index is 13.7. The second kappa shape index (κ2) is 14.5. The van der Waals surface area contributed by atoms with Crippen LogP contribution in [0, 0.1) is 0 Å². The summed E-state index contributed by atoms with van der Waals surface area (Å²) in [6.07, 6.45) is 0.0922. The van der Waals surface area contributed by atoms with Crippen molar-refractivity contribution in [2.24, 2.45) is 0 Å². The minimum atomic E-state index is -4.60. The van der Waals surface area contributed by atoms with Crippen LogP contribution in [0.1, 0.15) is 60.3 Å². The van der Waals surface area contributed by atoms with Crippen LogP contribution < -0.4 is 15.8 Å². The molecule has 0 spiro atoms. The van der Waals surface area contributed by atoms with Crippen molar-refractivity contribution in [3.8, 4) is 5.75 Å². The highest BCUT2D eigenvalue weighted by molar-refractivity contribution is 6.33. The number of fused-ring (bicyclic) bond motifs is 2. The van der Waals surface area contributed by atoms with Crippen LogP contribution in [-0.4, -0.2) is 104 Å². The van der Waals surface area contributed by atoms with Gasteiger partial charge >= 0.3 is 6.18 Å². The van der Waals surface area contributed by atoms with Gasteiger partial charge in [-0.25, -0.2) is 4.98 Å². The van der Waals surface area contributed by atoms with Gasteiger partial charge < -0.3 is 34.6 Å². The number of alkyl halides is 3. The van der Waals surface area contributed by atoms with E-state index in [-0.39, 0.29) is 55.0 Å². The predicted octanol–water partition coefficient (Wildman–Crippen LogP) is 4.09. The number of ether oxygens (including phenoxy) is 2. The molecule has 8 rings (SSSR count). The van der Waals surface area contributed by atoms with E-state index >= 15 is 0 Å². The van der Waals surface area contributed by atoms with E-state index in [1.54, 1.807) is 14.5 Å². The van der Waals surface area contributed by atoms with Gasteiger partial charge in [0.25, 0.3) is 11.5 Å². The predicted molar refractivity (Wildman–Crippen MR) is 193 cm³/mol. The van der Waals surface area contributed by atoms with E-state index in [1.807, 2.05) is 13.0 Å². The molecule has 15 nitrogen and oxygen atoms in total. The van der Waals surface area contributed by atoms with Gasteiger partial charge in [-0.15, -0.1) is 5.10 Å². The first kappa shape index (κ1) is 36.8. The van der Waals surface area contributed by atoms with E-state index in [4.69, 9.17) is 31.2 Å². The molecule has 0 unspecified atom stereocenters. The smallest absolute Gasteiger partial charge is 0.416 e. The van der Waals surface area contributed by atoms with E-state index in [1.165, 1.54) is 4.57 Å². The van der Waals surface area contributed by atoms with Gasteiger partial charge in [-0.3, -0.25) is 19.0 Å². The molecule has 0 bridgehead atoms. The Bertz CT molecular complexity index is 2230. The van der Waals surface area contributed by atoms with E-state index in [0.717, 1.165) is 59.3 Å². The largest absolute Gasteiger partial charge is 0.501 e. The molecule has 1 aromatic carbocycles. The number of carbonyl (C=O) groups is 2. The Morgan fingerprint density at radius 1 is 1.02 bits per heavy atom. The van der Waals surface area contributed by atoms with Crippen molar-refractivity contribution in [2.45, 2.75) is 51.9 Å². The monoisotopic (exact) mass is 783 g/mol. The Labute approximate surface area is 317 Å². The number of amides is 2. The lowest BCUT2D eigenvalue weighted by Gasteiger charge is -2.42. The van der Waals surface area contributed by atoms with Crippen molar-refractivity contribution in [3.63, 3.8) is 0 Å². The molecular formula is C36H37ClF3N9O6. The zero-order valence-electron chi connectivity index (χ0n) is 29.8. The minimum Gasteiger partial charge on any atom is -0.501 e. The Kier molecular flexibility index (Phi) is 9.67. The summed E-state index contributed by atoms with van der Waals surface area (Å²) in [4.78, 5) is 55.0. The normalized spacial score (nSPS) is 18.6.